The molecule has 0 bridgehead atoms. The fourth-order valence-corrected chi connectivity index (χ4v) is 3.34. The molecule has 0 unspecified atom stereocenters. The smallest absolute Gasteiger partial charge is 0.294 e. The second kappa shape index (κ2) is 8.66. The Kier molecular flexibility index (Phi) is 6.05. The fraction of sp³-hybridized carbons (Fsp3) is 0.211. The summed E-state index contributed by atoms with van der Waals surface area (Å²) in [5.41, 5.74) is 0.621. The van der Waals surface area contributed by atoms with Gasteiger partial charge in [0.05, 0.1) is 31.9 Å². The highest BCUT2D eigenvalue weighted by Crippen LogP contribution is 2.34. The molecule has 1 aliphatic rings. The maximum Gasteiger partial charge on any atom is 0.294 e. The van der Waals surface area contributed by atoms with Crippen LogP contribution in [0.4, 0.5) is 4.79 Å². The van der Waals surface area contributed by atoms with Gasteiger partial charge in [-0.25, -0.2) is 0 Å². The van der Waals surface area contributed by atoms with Crippen LogP contribution in [-0.2, 0) is 16.1 Å². The van der Waals surface area contributed by atoms with Crippen molar-refractivity contribution in [2.45, 2.75) is 6.54 Å². The van der Waals surface area contributed by atoms with Crippen molar-refractivity contribution in [2.24, 2.45) is 0 Å². The lowest BCUT2D eigenvalue weighted by molar-refractivity contribution is -0.129. The quantitative estimate of drug-likeness (QED) is 0.711. The molecule has 146 valence electrons. The molecule has 1 saturated heterocycles. The lowest BCUT2D eigenvalue weighted by Gasteiger charge is -2.12. The topological polar surface area (TPSA) is 98.1 Å². The maximum absolute atomic E-state index is 12.6. The van der Waals surface area contributed by atoms with E-state index in [0.29, 0.717) is 22.8 Å². The molecule has 1 fully saturated rings. The number of thioether (sulfide) groups is 1. The molecule has 2 aromatic rings. The highest BCUT2D eigenvalue weighted by atomic mass is 32.2. The Hall–Kier alpha value is -3.20. The zero-order valence-electron chi connectivity index (χ0n) is 15.3. The van der Waals surface area contributed by atoms with Crippen molar-refractivity contribution in [3.63, 3.8) is 0 Å². The van der Waals surface area contributed by atoms with E-state index in [1.807, 2.05) is 0 Å². The van der Waals surface area contributed by atoms with Gasteiger partial charge in [-0.3, -0.25) is 19.3 Å². The van der Waals surface area contributed by atoms with Crippen molar-refractivity contribution in [2.75, 3.05) is 20.8 Å². The number of nitrogens with zero attached hydrogens (tertiary/aromatic N) is 1. The van der Waals surface area contributed by atoms with Crippen molar-refractivity contribution >= 4 is 34.9 Å². The molecular formula is C19H18N2O6S. The van der Waals surface area contributed by atoms with E-state index in [2.05, 4.69) is 5.32 Å². The highest BCUT2D eigenvalue weighted by molar-refractivity contribution is 8.18. The number of carbonyl (C=O) groups excluding carboxylic acids is 3. The largest absolute Gasteiger partial charge is 0.497 e. The van der Waals surface area contributed by atoms with Crippen molar-refractivity contribution < 1.29 is 28.3 Å². The van der Waals surface area contributed by atoms with Crippen LogP contribution in [0.1, 0.15) is 11.3 Å². The van der Waals surface area contributed by atoms with Crippen molar-refractivity contribution in [3.05, 3.63) is 52.8 Å². The second-order valence-corrected chi connectivity index (χ2v) is 6.73. The summed E-state index contributed by atoms with van der Waals surface area (Å²) < 4.78 is 15.6. The second-order valence-electron chi connectivity index (χ2n) is 5.73. The molecule has 1 aliphatic heterocycles. The Bertz CT molecular complexity index is 923. The minimum Gasteiger partial charge on any atom is -0.497 e. The van der Waals surface area contributed by atoms with E-state index in [-0.39, 0.29) is 18.0 Å². The lowest BCUT2D eigenvalue weighted by atomic mass is 10.1. The first-order valence-electron chi connectivity index (χ1n) is 8.28. The molecular weight excluding hydrogens is 384 g/mol. The van der Waals surface area contributed by atoms with Gasteiger partial charge in [-0.05, 0) is 42.1 Å². The fourth-order valence-electron chi connectivity index (χ4n) is 2.51. The summed E-state index contributed by atoms with van der Waals surface area (Å²) in [4.78, 5) is 37.9. The van der Waals surface area contributed by atoms with Crippen molar-refractivity contribution in [3.8, 4) is 11.5 Å². The lowest BCUT2D eigenvalue weighted by Crippen LogP contribution is -2.39. The van der Waals surface area contributed by atoms with E-state index in [0.717, 1.165) is 16.7 Å². The summed E-state index contributed by atoms with van der Waals surface area (Å²) in [6, 6.07) is 8.54. The monoisotopic (exact) mass is 402 g/mol. The zero-order chi connectivity index (χ0) is 20.1. The van der Waals surface area contributed by atoms with Crippen molar-refractivity contribution in [1.29, 1.82) is 0 Å². The molecule has 9 heteroatoms. The van der Waals surface area contributed by atoms with Crippen LogP contribution in [0.3, 0.4) is 0 Å². The Morgan fingerprint density at radius 2 is 2.07 bits per heavy atom. The predicted molar refractivity (Wildman–Crippen MR) is 103 cm³/mol. The summed E-state index contributed by atoms with van der Waals surface area (Å²) in [5, 5.41) is 2.10. The molecule has 3 rings (SSSR count). The van der Waals surface area contributed by atoms with Gasteiger partial charge in [0, 0.05) is 11.6 Å². The Morgan fingerprint density at radius 1 is 1.25 bits per heavy atom. The molecule has 1 aromatic carbocycles. The minimum absolute atomic E-state index is 0.181. The third-order valence-corrected chi connectivity index (χ3v) is 4.85. The molecule has 8 nitrogen and oxygen atoms in total. The SMILES string of the molecule is COc1ccc(/C=C2\SC(=O)N(CC(=O)NCc3ccco3)C2=O)c(OC)c1. The molecule has 2 heterocycles. The predicted octanol–water partition coefficient (Wildman–Crippen LogP) is 2.65. The van der Waals surface area contributed by atoms with Crippen LogP contribution >= 0.6 is 11.8 Å². The van der Waals surface area contributed by atoms with Gasteiger partial charge in [0.15, 0.2) is 0 Å². The number of rotatable bonds is 7. The summed E-state index contributed by atoms with van der Waals surface area (Å²) in [7, 11) is 3.04. The number of imide groups is 1. The van der Waals surface area contributed by atoms with Crippen LogP contribution < -0.4 is 14.8 Å². The molecule has 0 aliphatic carbocycles. The van der Waals surface area contributed by atoms with E-state index >= 15 is 0 Å². The molecule has 0 radical (unpaired) electrons. The molecule has 0 saturated carbocycles. The summed E-state index contributed by atoms with van der Waals surface area (Å²) >= 11 is 0.777. The van der Waals surface area contributed by atoms with Crippen molar-refractivity contribution in [1.82, 2.24) is 10.2 Å². The first-order valence-corrected chi connectivity index (χ1v) is 9.10. The van der Waals surface area contributed by atoms with Crippen LogP contribution in [0.15, 0.2) is 45.9 Å². The molecule has 3 amide bonds. The molecule has 1 N–H and O–H groups in total. The number of nitrogens with one attached hydrogen (secondary N) is 1. The number of hydrogen-bond acceptors (Lipinski definition) is 7. The Labute approximate surface area is 165 Å². The molecule has 0 spiro atoms. The van der Waals surface area contributed by atoms with Gasteiger partial charge in [0.2, 0.25) is 5.91 Å². The standard InChI is InChI=1S/C19H18N2O6S/c1-25-13-6-5-12(15(9-13)26-2)8-16-18(23)21(19(24)28-16)11-17(22)20-10-14-4-3-7-27-14/h3-9H,10-11H2,1-2H3,(H,20,22)/b16-8-. The van der Waals surface area contributed by atoms with Crippen LogP contribution in [0.25, 0.3) is 6.08 Å². The van der Waals surface area contributed by atoms with Gasteiger partial charge < -0.3 is 19.2 Å². The number of methoxy groups -OCH3 is 2. The van der Waals surface area contributed by atoms with E-state index in [1.165, 1.54) is 20.5 Å². The summed E-state index contributed by atoms with van der Waals surface area (Å²) in [5.74, 6) is 0.703. The van der Waals surface area contributed by atoms with Gasteiger partial charge >= 0.3 is 0 Å². The number of ether oxygens (including phenoxy) is 2. The normalized spacial score (nSPS) is 15.2. The Balaban J connectivity index is 1.69. The third kappa shape index (κ3) is 4.37. The average molecular weight is 402 g/mol. The van der Waals surface area contributed by atoms with Crippen LogP contribution in [0.5, 0.6) is 11.5 Å². The van der Waals surface area contributed by atoms with Gasteiger partial charge in [0.25, 0.3) is 11.1 Å². The van der Waals surface area contributed by atoms with Gasteiger partial charge in [-0.1, -0.05) is 0 Å². The van der Waals surface area contributed by atoms with E-state index < -0.39 is 17.1 Å². The molecule has 0 atom stereocenters. The van der Waals surface area contributed by atoms with Gasteiger partial charge in [-0.15, -0.1) is 0 Å². The summed E-state index contributed by atoms with van der Waals surface area (Å²) in [6.45, 7) is -0.177. The number of carbonyl (C=O) groups is 3. The Morgan fingerprint density at radius 3 is 2.75 bits per heavy atom. The zero-order valence-corrected chi connectivity index (χ0v) is 16.1. The number of furan rings is 1. The van der Waals surface area contributed by atoms with Crippen LogP contribution in [0.2, 0.25) is 0 Å². The van der Waals surface area contributed by atoms with Crippen LogP contribution in [-0.4, -0.2) is 42.7 Å². The van der Waals surface area contributed by atoms with Gasteiger partial charge in [-0.2, -0.15) is 0 Å². The number of benzene rings is 1. The highest BCUT2D eigenvalue weighted by Gasteiger charge is 2.36. The minimum atomic E-state index is -0.527. The average Bonchev–Trinajstić information content (AvgIpc) is 3.31. The first kappa shape index (κ1) is 19.6. The third-order valence-electron chi connectivity index (χ3n) is 3.94. The maximum atomic E-state index is 12.6. The van der Waals surface area contributed by atoms with E-state index in [9.17, 15) is 14.4 Å². The number of amides is 3. The van der Waals surface area contributed by atoms with E-state index in [4.69, 9.17) is 13.9 Å². The molecule has 28 heavy (non-hydrogen) atoms. The molecule has 1 aromatic heterocycles. The first-order chi connectivity index (χ1) is 13.5. The van der Waals surface area contributed by atoms with Crippen LogP contribution in [0, 0.1) is 0 Å². The van der Waals surface area contributed by atoms with Gasteiger partial charge in [0.1, 0.15) is 23.8 Å². The number of hydrogen-bond donors (Lipinski definition) is 1. The summed E-state index contributed by atoms with van der Waals surface area (Å²) in [6.07, 6.45) is 3.06. The van der Waals surface area contributed by atoms with E-state index in [1.54, 1.807) is 36.4 Å².